The first kappa shape index (κ1) is 13.1. The minimum Gasteiger partial charge on any atom is -0.236 e. The molecule has 0 radical (unpaired) electrons. The average molecular weight is 282 g/mol. The third kappa shape index (κ3) is 2.54. The van der Waals surface area contributed by atoms with Crippen LogP contribution in [0.2, 0.25) is 5.15 Å². The van der Waals surface area contributed by atoms with Gasteiger partial charge in [-0.3, -0.25) is 0 Å². The van der Waals surface area contributed by atoms with Crippen LogP contribution in [0, 0.1) is 0 Å². The monoisotopic (exact) mass is 281 g/mol. The highest BCUT2D eigenvalue weighted by atomic mass is 35.5. The number of nitrogens with zero attached hydrogens (tertiary/aromatic N) is 1. The molecular formula is C18H16ClN. The highest BCUT2D eigenvalue weighted by molar-refractivity contribution is 6.30. The summed E-state index contributed by atoms with van der Waals surface area (Å²) in [5.41, 5.74) is 4.63. The minimum absolute atomic E-state index is 0.625. The van der Waals surface area contributed by atoms with E-state index in [0.29, 0.717) is 5.15 Å². The summed E-state index contributed by atoms with van der Waals surface area (Å²) in [4.78, 5) is 4.61. The van der Waals surface area contributed by atoms with E-state index in [0.717, 1.165) is 23.9 Å². The SMILES string of the molecule is CCc1cc2cccc(Cc3ccccc3)c2nc1Cl. The molecule has 0 spiro atoms. The first-order valence-electron chi connectivity index (χ1n) is 6.89. The lowest BCUT2D eigenvalue weighted by atomic mass is 10.0. The minimum atomic E-state index is 0.625. The van der Waals surface area contributed by atoms with E-state index in [4.69, 9.17) is 11.6 Å². The highest BCUT2D eigenvalue weighted by Crippen LogP contribution is 2.25. The van der Waals surface area contributed by atoms with Gasteiger partial charge in [0.1, 0.15) is 5.15 Å². The molecule has 1 aromatic heterocycles. The maximum atomic E-state index is 6.27. The van der Waals surface area contributed by atoms with E-state index in [-0.39, 0.29) is 0 Å². The topological polar surface area (TPSA) is 12.9 Å². The van der Waals surface area contributed by atoms with Crippen LogP contribution in [0.15, 0.2) is 54.6 Å². The van der Waals surface area contributed by atoms with Crippen molar-refractivity contribution in [1.82, 2.24) is 4.98 Å². The second-order valence-electron chi connectivity index (χ2n) is 4.94. The van der Waals surface area contributed by atoms with E-state index in [2.05, 4.69) is 60.4 Å². The van der Waals surface area contributed by atoms with Gasteiger partial charge in [0.15, 0.2) is 0 Å². The molecule has 3 aromatic rings. The molecule has 20 heavy (non-hydrogen) atoms. The Morgan fingerprint density at radius 2 is 1.75 bits per heavy atom. The molecular weight excluding hydrogens is 266 g/mol. The summed E-state index contributed by atoms with van der Waals surface area (Å²) >= 11 is 6.27. The van der Waals surface area contributed by atoms with E-state index in [1.54, 1.807) is 0 Å². The van der Waals surface area contributed by atoms with Crippen LogP contribution in [-0.4, -0.2) is 4.98 Å². The molecule has 0 bridgehead atoms. The summed E-state index contributed by atoms with van der Waals surface area (Å²) in [6, 6.07) is 18.9. The van der Waals surface area contributed by atoms with Gasteiger partial charge < -0.3 is 0 Å². The van der Waals surface area contributed by atoms with Gasteiger partial charge in [0.25, 0.3) is 0 Å². The van der Waals surface area contributed by atoms with Crippen molar-refractivity contribution in [1.29, 1.82) is 0 Å². The molecule has 0 aliphatic heterocycles. The van der Waals surface area contributed by atoms with Crippen LogP contribution in [0.3, 0.4) is 0 Å². The molecule has 2 heteroatoms. The summed E-state index contributed by atoms with van der Waals surface area (Å²) in [5, 5.41) is 1.79. The van der Waals surface area contributed by atoms with Crippen molar-refractivity contribution in [3.63, 3.8) is 0 Å². The zero-order valence-corrected chi connectivity index (χ0v) is 12.2. The number of pyridine rings is 1. The zero-order valence-electron chi connectivity index (χ0n) is 11.4. The lowest BCUT2D eigenvalue weighted by molar-refractivity contribution is 1.11. The fourth-order valence-corrected chi connectivity index (χ4v) is 2.76. The Bertz CT molecular complexity index is 735. The molecule has 1 heterocycles. The number of rotatable bonds is 3. The highest BCUT2D eigenvalue weighted by Gasteiger charge is 2.07. The number of fused-ring (bicyclic) bond motifs is 1. The molecule has 0 unspecified atom stereocenters. The molecule has 0 aliphatic rings. The third-order valence-electron chi connectivity index (χ3n) is 3.57. The summed E-state index contributed by atoms with van der Waals surface area (Å²) in [6.45, 7) is 2.10. The fraction of sp³-hybridized carbons (Fsp3) is 0.167. The van der Waals surface area contributed by atoms with E-state index < -0.39 is 0 Å². The van der Waals surface area contributed by atoms with Crippen molar-refractivity contribution < 1.29 is 0 Å². The second-order valence-corrected chi connectivity index (χ2v) is 5.30. The lowest BCUT2D eigenvalue weighted by Gasteiger charge is -2.09. The van der Waals surface area contributed by atoms with Crippen molar-refractivity contribution in [2.75, 3.05) is 0 Å². The van der Waals surface area contributed by atoms with Crippen LogP contribution < -0.4 is 0 Å². The van der Waals surface area contributed by atoms with E-state index in [1.807, 2.05) is 6.07 Å². The van der Waals surface area contributed by atoms with Gasteiger partial charge in [-0.1, -0.05) is 67.1 Å². The number of hydrogen-bond acceptors (Lipinski definition) is 1. The van der Waals surface area contributed by atoms with Crippen molar-refractivity contribution in [2.24, 2.45) is 0 Å². The number of benzene rings is 2. The van der Waals surface area contributed by atoms with E-state index in [1.165, 1.54) is 16.5 Å². The van der Waals surface area contributed by atoms with Crippen LogP contribution in [0.5, 0.6) is 0 Å². The summed E-state index contributed by atoms with van der Waals surface area (Å²) < 4.78 is 0. The maximum absolute atomic E-state index is 6.27. The standard InChI is InChI=1S/C18H16ClN/c1-2-14-12-16-10-6-9-15(17(16)20-18(14)19)11-13-7-4-3-5-8-13/h3-10,12H,2,11H2,1H3. The van der Waals surface area contributed by atoms with Crippen molar-refractivity contribution >= 4 is 22.5 Å². The van der Waals surface area contributed by atoms with Crippen LogP contribution in [0.1, 0.15) is 23.6 Å². The van der Waals surface area contributed by atoms with Crippen LogP contribution in [-0.2, 0) is 12.8 Å². The molecule has 0 saturated heterocycles. The smallest absolute Gasteiger partial charge is 0.132 e. The Morgan fingerprint density at radius 3 is 2.50 bits per heavy atom. The number of aryl methyl sites for hydroxylation is 1. The van der Waals surface area contributed by atoms with Gasteiger partial charge in [0.05, 0.1) is 5.52 Å². The molecule has 0 atom stereocenters. The summed E-state index contributed by atoms with van der Waals surface area (Å²) in [6.07, 6.45) is 1.79. The second kappa shape index (κ2) is 5.64. The van der Waals surface area contributed by atoms with Crippen LogP contribution >= 0.6 is 11.6 Å². The summed E-state index contributed by atoms with van der Waals surface area (Å²) in [7, 11) is 0. The van der Waals surface area contributed by atoms with Gasteiger partial charge >= 0.3 is 0 Å². The first-order chi connectivity index (χ1) is 9.78. The predicted molar refractivity (Wildman–Crippen MR) is 85.4 cm³/mol. The normalized spacial score (nSPS) is 10.9. The first-order valence-corrected chi connectivity index (χ1v) is 7.26. The number of halogens is 1. The average Bonchev–Trinajstić information content (AvgIpc) is 2.48. The van der Waals surface area contributed by atoms with Crippen molar-refractivity contribution in [3.8, 4) is 0 Å². The maximum Gasteiger partial charge on any atom is 0.132 e. The number of hydrogen-bond donors (Lipinski definition) is 0. The zero-order chi connectivity index (χ0) is 13.9. The van der Waals surface area contributed by atoms with Crippen LogP contribution in [0.25, 0.3) is 10.9 Å². The van der Waals surface area contributed by atoms with Gasteiger partial charge in [-0.2, -0.15) is 0 Å². The molecule has 0 fully saturated rings. The van der Waals surface area contributed by atoms with E-state index >= 15 is 0 Å². The molecule has 1 nitrogen and oxygen atoms in total. The molecule has 2 aromatic carbocycles. The van der Waals surface area contributed by atoms with Crippen molar-refractivity contribution in [3.05, 3.63) is 76.4 Å². The van der Waals surface area contributed by atoms with Gasteiger partial charge in [-0.15, -0.1) is 0 Å². The van der Waals surface area contributed by atoms with Crippen molar-refractivity contribution in [2.45, 2.75) is 19.8 Å². The Morgan fingerprint density at radius 1 is 0.950 bits per heavy atom. The molecule has 100 valence electrons. The Kier molecular flexibility index (Phi) is 3.70. The third-order valence-corrected chi connectivity index (χ3v) is 3.90. The van der Waals surface area contributed by atoms with Gasteiger partial charge in [0.2, 0.25) is 0 Å². The largest absolute Gasteiger partial charge is 0.236 e. The Hall–Kier alpha value is -1.86. The molecule has 0 saturated carbocycles. The Balaban J connectivity index is 2.09. The van der Waals surface area contributed by atoms with Crippen LogP contribution in [0.4, 0.5) is 0 Å². The summed E-state index contributed by atoms with van der Waals surface area (Å²) in [5.74, 6) is 0. The molecule has 0 N–H and O–H groups in total. The molecule has 3 rings (SSSR count). The lowest BCUT2D eigenvalue weighted by Crippen LogP contribution is -1.94. The van der Waals surface area contributed by atoms with Gasteiger partial charge in [-0.05, 0) is 35.6 Å². The molecule has 0 amide bonds. The van der Waals surface area contributed by atoms with Gasteiger partial charge in [0, 0.05) is 5.39 Å². The number of para-hydroxylation sites is 1. The molecule has 0 aliphatic carbocycles. The van der Waals surface area contributed by atoms with E-state index in [9.17, 15) is 0 Å². The van der Waals surface area contributed by atoms with Gasteiger partial charge in [-0.25, -0.2) is 4.98 Å². The predicted octanol–water partition coefficient (Wildman–Crippen LogP) is 5.04. The Labute approximate surface area is 124 Å². The fourth-order valence-electron chi connectivity index (χ4n) is 2.49. The quantitative estimate of drug-likeness (QED) is 0.613. The number of aromatic nitrogens is 1.